The minimum Gasteiger partial charge on any atom is -0.419 e. The number of alkyl halides is 3. The van der Waals surface area contributed by atoms with Crippen LogP contribution in [0.1, 0.15) is 10.4 Å². The number of hydrogen-bond acceptors (Lipinski definition) is 7. The molecule has 218 valence electrons. The molecule has 0 radical (unpaired) electrons. The van der Waals surface area contributed by atoms with Crippen LogP contribution in [0.2, 0.25) is 0 Å². The molecular weight excluding hydrogens is 597 g/mol. The van der Waals surface area contributed by atoms with Crippen LogP contribution in [-0.4, -0.2) is 19.9 Å². The van der Waals surface area contributed by atoms with Crippen LogP contribution in [0, 0.1) is 0 Å². The molecule has 0 bridgehead atoms. The van der Waals surface area contributed by atoms with E-state index in [1.807, 2.05) is 30.3 Å². The third kappa shape index (κ3) is 4.32. The molecule has 0 aliphatic carbocycles. The lowest BCUT2D eigenvalue weighted by Crippen LogP contribution is -2.29. The van der Waals surface area contributed by atoms with E-state index in [-0.39, 0.29) is 16.7 Å². The number of fused-ring (bicyclic) bond motifs is 8. The first kappa shape index (κ1) is 27.4. The Morgan fingerprint density at radius 3 is 1.93 bits per heavy atom. The van der Waals surface area contributed by atoms with Gasteiger partial charge in [0.25, 0.3) is 0 Å². The summed E-state index contributed by atoms with van der Waals surface area (Å²) in [6.07, 6.45) is 0. The fourth-order valence-corrected chi connectivity index (χ4v) is 5.89. The molecule has 0 saturated carbocycles. The van der Waals surface area contributed by atoms with Gasteiger partial charge < -0.3 is 13.3 Å². The SMILES string of the molecule is O=C(Oc1cc2ccccc2c2c1oc(=O)c1ccc3ccccc3c12)c1ccc2ccccc2c1OS(=O)(=O)C(F)(F)F. The van der Waals surface area contributed by atoms with Crippen LogP contribution in [-0.2, 0) is 10.1 Å². The van der Waals surface area contributed by atoms with E-state index in [0.717, 1.165) is 16.8 Å². The third-order valence-corrected chi connectivity index (χ3v) is 8.29. The molecule has 0 saturated heterocycles. The van der Waals surface area contributed by atoms with Gasteiger partial charge in [0.05, 0.1) is 5.39 Å². The predicted molar refractivity (Wildman–Crippen MR) is 160 cm³/mol. The lowest BCUT2D eigenvalue weighted by atomic mass is 9.96. The van der Waals surface area contributed by atoms with Crippen LogP contribution in [0.3, 0.4) is 0 Å². The van der Waals surface area contributed by atoms with Gasteiger partial charge in [0, 0.05) is 16.2 Å². The zero-order chi connectivity index (χ0) is 30.8. The fraction of sp³-hybridized carbons (Fsp3) is 0.0303. The Morgan fingerprint density at radius 2 is 1.25 bits per heavy atom. The predicted octanol–water partition coefficient (Wildman–Crippen LogP) is 7.85. The van der Waals surface area contributed by atoms with E-state index in [1.165, 1.54) is 30.3 Å². The Morgan fingerprint density at radius 1 is 0.682 bits per heavy atom. The van der Waals surface area contributed by atoms with Crippen LogP contribution in [0.5, 0.6) is 11.5 Å². The number of hydrogen-bond donors (Lipinski definition) is 0. The highest BCUT2D eigenvalue weighted by Gasteiger charge is 2.49. The van der Waals surface area contributed by atoms with Crippen molar-refractivity contribution in [1.29, 1.82) is 0 Å². The first-order valence-electron chi connectivity index (χ1n) is 13.1. The van der Waals surface area contributed by atoms with Crippen molar-refractivity contribution in [2.75, 3.05) is 0 Å². The van der Waals surface area contributed by atoms with Gasteiger partial charge in [0.2, 0.25) is 0 Å². The first-order chi connectivity index (χ1) is 21.0. The summed E-state index contributed by atoms with van der Waals surface area (Å²) in [5.74, 6) is -2.29. The van der Waals surface area contributed by atoms with Gasteiger partial charge in [-0.3, -0.25) is 0 Å². The van der Waals surface area contributed by atoms with Crippen molar-refractivity contribution in [3.05, 3.63) is 119 Å². The Balaban J connectivity index is 1.48. The molecule has 11 heteroatoms. The monoisotopic (exact) mass is 614 g/mol. The summed E-state index contributed by atoms with van der Waals surface area (Å²) in [7, 11) is -6.15. The molecule has 0 spiro atoms. The first-order valence-corrected chi connectivity index (χ1v) is 14.5. The van der Waals surface area contributed by atoms with E-state index in [0.29, 0.717) is 32.3 Å². The summed E-state index contributed by atoms with van der Waals surface area (Å²) in [6, 6.07) is 27.8. The maximum atomic E-state index is 13.7. The largest absolute Gasteiger partial charge is 0.534 e. The minimum atomic E-state index is -6.15. The smallest absolute Gasteiger partial charge is 0.419 e. The van der Waals surface area contributed by atoms with E-state index < -0.39 is 38.5 Å². The Bertz CT molecular complexity index is 2500. The number of carbonyl (C=O) groups is 1. The average Bonchev–Trinajstić information content (AvgIpc) is 3.00. The van der Waals surface area contributed by atoms with E-state index in [1.54, 1.807) is 36.4 Å². The maximum absolute atomic E-state index is 13.7. The summed E-state index contributed by atoms with van der Waals surface area (Å²) < 4.78 is 80.0. The number of rotatable bonds is 4. The topological polar surface area (TPSA) is 99.9 Å². The summed E-state index contributed by atoms with van der Waals surface area (Å²) in [4.78, 5) is 26.9. The van der Waals surface area contributed by atoms with Crippen molar-refractivity contribution in [2.24, 2.45) is 0 Å². The van der Waals surface area contributed by atoms with E-state index in [4.69, 9.17) is 9.15 Å². The highest BCUT2D eigenvalue weighted by molar-refractivity contribution is 7.88. The van der Waals surface area contributed by atoms with Gasteiger partial charge in [-0.25, -0.2) is 9.59 Å². The number of benzene rings is 6. The Kier molecular flexibility index (Phi) is 6.12. The molecule has 1 aromatic heterocycles. The quantitative estimate of drug-likeness (QED) is 0.0497. The molecule has 1 heterocycles. The number of carbonyl (C=O) groups excluding carboxylic acids is 1. The van der Waals surface area contributed by atoms with Gasteiger partial charge in [0.15, 0.2) is 17.1 Å². The standard InChI is InChI=1S/C33H17F3O7S/c34-33(35,36)44(39,40)43-29-23-12-6-2-8-19(23)14-16-25(29)32(38)41-26-17-20-9-3-5-11-22(20)28-27-21-10-4-1-7-18(21)13-15-24(27)31(37)42-30(26)28/h1-17H. The zero-order valence-electron chi connectivity index (χ0n) is 22.2. The average molecular weight is 615 g/mol. The fourth-order valence-electron chi connectivity index (χ4n) is 5.39. The maximum Gasteiger partial charge on any atom is 0.534 e. The van der Waals surface area contributed by atoms with Crippen molar-refractivity contribution < 1.29 is 39.7 Å². The zero-order valence-corrected chi connectivity index (χ0v) is 23.0. The minimum absolute atomic E-state index is 0.0675. The molecule has 7 rings (SSSR count). The van der Waals surface area contributed by atoms with E-state index in [2.05, 4.69) is 4.18 Å². The van der Waals surface area contributed by atoms with Crippen LogP contribution in [0.4, 0.5) is 13.2 Å². The van der Waals surface area contributed by atoms with Gasteiger partial charge in [-0.1, -0.05) is 84.9 Å². The number of halogens is 3. The second kappa shape index (κ2) is 9.81. The van der Waals surface area contributed by atoms with Gasteiger partial charge in [-0.05, 0) is 45.1 Å². The summed E-state index contributed by atoms with van der Waals surface area (Å²) in [5.41, 5.74) is -7.12. The second-order valence-corrected chi connectivity index (χ2v) is 11.5. The van der Waals surface area contributed by atoms with Crippen molar-refractivity contribution in [1.82, 2.24) is 0 Å². The third-order valence-electron chi connectivity index (χ3n) is 7.34. The molecule has 44 heavy (non-hydrogen) atoms. The number of ether oxygens (including phenoxy) is 1. The van der Waals surface area contributed by atoms with Gasteiger partial charge >= 0.3 is 27.2 Å². The van der Waals surface area contributed by atoms with Gasteiger partial charge in [-0.2, -0.15) is 21.6 Å². The van der Waals surface area contributed by atoms with Crippen LogP contribution < -0.4 is 14.5 Å². The van der Waals surface area contributed by atoms with Gasteiger partial charge in [-0.15, -0.1) is 0 Å². The molecule has 0 unspecified atom stereocenters. The van der Waals surface area contributed by atoms with Crippen LogP contribution >= 0.6 is 0 Å². The molecule has 0 atom stereocenters. The lowest BCUT2D eigenvalue weighted by Gasteiger charge is -2.16. The lowest BCUT2D eigenvalue weighted by molar-refractivity contribution is -0.0500. The molecule has 6 aromatic carbocycles. The number of esters is 1. The van der Waals surface area contributed by atoms with E-state index in [9.17, 15) is 31.2 Å². The Labute approximate surface area is 245 Å². The van der Waals surface area contributed by atoms with Crippen molar-refractivity contribution >= 4 is 70.1 Å². The van der Waals surface area contributed by atoms with Crippen LogP contribution in [0.25, 0.3) is 54.1 Å². The summed E-state index contributed by atoms with van der Waals surface area (Å²) in [6.45, 7) is 0. The second-order valence-electron chi connectivity index (χ2n) is 9.93. The Hall–Kier alpha value is -5.42. The molecule has 0 amide bonds. The molecule has 0 aliphatic rings. The molecule has 0 N–H and O–H groups in total. The molecule has 7 nitrogen and oxygen atoms in total. The highest BCUT2D eigenvalue weighted by Crippen LogP contribution is 2.41. The molecule has 7 aromatic rings. The molecule has 0 fully saturated rings. The summed E-state index contributed by atoms with van der Waals surface area (Å²) >= 11 is 0. The van der Waals surface area contributed by atoms with Crippen molar-refractivity contribution in [2.45, 2.75) is 5.51 Å². The van der Waals surface area contributed by atoms with Crippen molar-refractivity contribution in [3.63, 3.8) is 0 Å². The summed E-state index contributed by atoms with van der Waals surface area (Å²) in [5, 5.41) is 4.49. The van der Waals surface area contributed by atoms with E-state index >= 15 is 0 Å². The van der Waals surface area contributed by atoms with Crippen molar-refractivity contribution in [3.8, 4) is 11.5 Å². The normalized spacial score (nSPS) is 12.3. The van der Waals surface area contributed by atoms with Gasteiger partial charge in [0.1, 0.15) is 5.56 Å². The van der Waals surface area contributed by atoms with Crippen LogP contribution in [0.15, 0.2) is 112 Å². The molecular formula is C33H17F3O7S. The highest BCUT2D eigenvalue weighted by atomic mass is 32.2. The molecule has 0 aliphatic heterocycles.